The first kappa shape index (κ1) is 17.1. The summed E-state index contributed by atoms with van der Waals surface area (Å²) in [6.07, 6.45) is 2.68. The molecule has 1 aliphatic rings. The highest BCUT2D eigenvalue weighted by Crippen LogP contribution is 2.17. The number of hydrogen-bond acceptors (Lipinski definition) is 3. The van der Waals surface area contributed by atoms with Crippen LogP contribution >= 0.6 is 11.6 Å². The number of halogens is 1. The molecule has 122 valence electrons. The number of hydrogen-bond donors (Lipinski definition) is 0. The van der Waals surface area contributed by atoms with Gasteiger partial charge in [0.1, 0.15) is 5.75 Å². The first-order valence-electron chi connectivity index (χ1n) is 7.85. The number of carbonyl (C=O) groups is 1. The summed E-state index contributed by atoms with van der Waals surface area (Å²) in [6.45, 7) is 3.62. The van der Waals surface area contributed by atoms with E-state index in [4.69, 9.17) is 16.3 Å². The van der Waals surface area contributed by atoms with E-state index in [0.717, 1.165) is 43.2 Å². The van der Waals surface area contributed by atoms with Gasteiger partial charge in [-0.2, -0.15) is 0 Å². The van der Waals surface area contributed by atoms with Crippen molar-refractivity contribution in [3.05, 3.63) is 29.3 Å². The Balaban J connectivity index is 1.60. The van der Waals surface area contributed by atoms with E-state index >= 15 is 0 Å². The minimum absolute atomic E-state index is 0.273. The predicted molar refractivity (Wildman–Crippen MR) is 89.4 cm³/mol. The van der Waals surface area contributed by atoms with Gasteiger partial charge < -0.3 is 14.5 Å². The fraction of sp³-hybridized carbons (Fsp3) is 0.588. The second-order valence-electron chi connectivity index (χ2n) is 6.10. The third-order valence-corrected chi connectivity index (χ3v) is 4.31. The number of ether oxygens (including phenoxy) is 1. The summed E-state index contributed by atoms with van der Waals surface area (Å²) < 4.78 is 5.69. The van der Waals surface area contributed by atoms with Gasteiger partial charge in [-0.25, -0.2) is 0 Å². The predicted octanol–water partition coefficient (Wildman–Crippen LogP) is 2.91. The number of likely N-dealkylation sites (tertiary alicyclic amines) is 1. The van der Waals surface area contributed by atoms with Crippen LogP contribution in [0.1, 0.15) is 19.3 Å². The summed E-state index contributed by atoms with van der Waals surface area (Å²) in [5, 5.41) is 0.725. The van der Waals surface area contributed by atoms with Crippen LogP contribution in [0.2, 0.25) is 5.02 Å². The van der Waals surface area contributed by atoms with E-state index in [1.165, 1.54) is 0 Å². The molecular weight excluding hydrogens is 300 g/mol. The minimum Gasteiger partial charge on any atom is -0.494 e. The molecule has 5 heteroatoms. The maximum absolute atomic E-state index is 11.5. The van der Waals surface area contributed by atoms with Crippen LogP contribution in [0.15, 0.2) is 24.3 Å². The lowest BCUT2D eigenvalue weighted by molar-refractivity contribution is -0.133. The van der Waals surface area contributed by atoms with Crippen molar-refractivity contribution in [2.24, 2.45) is 5.92 Å². The molecule has 0 spiro atoms. The Morgan fingerprint density at radius 3 is 2.77 bits per heavy atom. The van der Waals surface area contributed by atoms with Crippen LogP contribution in [-0.4, -0.2) is 56.0 Å². The number of rotatable bonds is 7. The molecule has 1 aliphatic heterocycles. The van der Waals surface area contributed by atoms with Crippen LogP contribution in [0.5, 0.6) is 5.75 Å². The van der Waals surface area contributed by atoms with E-state index in [0.29, 0.717) is 18.9 Å². The molecule has 1 amide bonds. The normalized spacial score (nSPS) is 18.8. The Kier molecular flexibility index (Phi) is 6.52. The zero-order valence-electron chi connectivity index (χ0n) is 13.4. The molecule has 0 N–H and O–H groups in total. The fourth-order valence-electron chi connectivity index (χ4n) is 2.84. The van der Waals surface area contributed by atoms with Gasteiger partial charge in [0.15, 0.2) is 0 Å². The van der Waals surface area contributed by atoms with Crippen LogP contribution < -0.4 is 4.74 Å². The topological polar surface area (TPSA) is 32.8 Å². The molecule has 22 heavy (non-hydrogen) atoms. The molecule has 1 unspecified atom stereocenters. The molecule has 0 radical (unpaired) electrons. The van der Waals surface area contributed by atoms with Crippen molar-refractivity contribution in [3.8, 4) is 5.75 Å². The van der Waals surface area contributed by atoms with Gasteiger partial charge in [-0.05, 0) is 50.1 Å². The van der Waals surface area contributed by atoms with E-state index in [2.05, 4.69) is 11.9 Å². The minimum atomic E-state index is 0.273. The van der Waals surface area contributed by atoms with Gasteiger partial charge >= 0.3 is 0 Å². The van der Waals surface area contributed by atoms with Crippen molar-refractivity contribution >= 4 is 17.5 Å². The molecule has 1 fully saturated rings. The van der Waals surface area contributed by atoms with Crippen molar-refractivity contribution < 1.29 is 9.53 Å². The Bertz CT molecular complexity index is 478. The number of carbonyl (C=O) groups excluding carboxylic acids is 1. The van der Waals surface area contributed by atoms with Crippen LogP contribution in [0.4, 0.5) is 0 Å². The standard InChI is InChI=1S/C17H25ClN2O2/c1-19(12-14-4-9-17(21)20(2)13-14)10-3-11-22-16-7-5-15(18)6-8-16/h5-8,14H,3-4,9-13H2,1-2H3. The monoisotopic (exact) mass is 324 g/mol. The fourth-order valence-corrected chi connectivity index (χ4v) is 2.96. The summed E-state index contributed by atoms with van der Waals surface area (Å²) >= 11 is 5.84. The average molecular weight is 325 g/mol. The van der Waals surface area contributed by atoms with Gasteiger partial charge in [-0.1, -0.05) is 11.6 Å². The van der Waals surface area contributed by atoms with Crippen LogP contribution in [0, 0.1) is 5.92 Å². The van der Waals surface area contributed by atoms with E-state index in [-0.39, 0.29) is 5.91 Å². The van der Waals surface area contributed by atoms with E-state index < -0.39 is 0 Å². The highest BCUT2D eigenvalue weighted by molar-refractivity contribution is 6.30. The summed E-state index contributed by atoms with van der Waals surface area (Å²) in [6, 6.07) is 7.45. The van der Waals surface area contributed by atoms with Crippen LogP contribution in [0.25, 0.3) is 0 Å². The quantitative estimate of drug-likeness (QED) is 0.723. The van der Waals surface area contributed by atoms with E-state index in [9.17, 15) is 4.79 Å². The Hall–Kier alpha value is -1.26. The summed E-state index contributed by atoms with van der Waals surface area (Å²) in [5.74, 6) is 1.72. The molecule has 1 heterocycles. The summed E-state index contributed by atoms with van der Waals surface area (Å²) in [5.41, 5.74) is 0. The molecule has 2 rings (SSSR count). The number of benzene rings is 1. The lowest BCUT2D eigenvalue weighted by atomic mass is 9.97. The Labute approximate surface area is 138 Å². The highest BCUT2D eigenvalue weighted by atomic mass is 35.5. The maximum Gasteiger partial charge on any atom is 0.222 e. The number of piperidine rings is 1. The average Bonchev–Trinajstić information content (AvgIpc) is 2.49. The van der Waals surface area contributed by atoms with Crippen LogP contribution in [-0.2, 0) is 4.79 Å². The molecule has 1 atom stereocenters. The number of nitrogens with zero attached hydrogens (tertiary/aromatic N) is 2. The van der Waals surface area contributed by atoms with Crippen LogP contribution in [0.3, 0.4) is 0 Å². The number of amides is 1. The molecule has 0 aliphatic carbocycles. The molecule has 4 nitrogen and oxygen atoms in total. The van der Waals surface area contributed by atoms with Gasteiger partial charge in [0.05, 0.1) is 6.61 Å². The smallest absolute Gasteiger partial charge is 0.222 e. The zero-order valence-corrected chi connectivity index (χ0v) is 14.2. The van der Waals surface area contributed by atoms with Crippen molar-refractivity contribution in [1.82, 2.24) is 9.80 Å². The second-order valence-corrected chi connectivity index (χ2v) is 6.53. The van der Waals surface area contributed by atoms with Crippen molar-refractivity contribution in [2.45, 2.75) is 19.3 Å². The van der Waals surface area contributed by atoms with Crippen molar-refractivity contribution in [2.75, 3.05) is 40.3 Å². The van der Waals surface area contributed by atoms with Gasteiger partial charge in [0.25, 0.3) is 0 Å². The van der Waals surface area contributed by atoms with Gasteiger partial charge in [0, 0.05) is 38.1 Å². The molecule has 1 aromatic carbocycles. The summed E-state index contributed by atoms with van der Waals surface area (Å²) in [4.78, 5) is 15.7. The molecule has 0 bridgehead atoms. The Morgan fingerprint density at radius 2 is 2.09 bits per heavy atom. The molecule has 0 aromatic heterocycles. The molecule has 1 aromatic rings. The second kappa shape index (κ2) is 8.39. The zero-order chi connectivity index (χ0) is 15.9. The summed E-state index contributed by atoms with van der Waals surface area (Å²) in [7, 11) is 4.03. The third kappa shape index (κ3) is 5.50. The molecule has 1 saturated heterocycles. The SMILES string of the molecule is CN(CCCOc1ccc(Cl)cc1)CC1CCC(=O)N(C)C1. The first-order valence-corrected chi connectivity index (χ1v) is 8.23. The highest BCUT2D eigenvalue weighted by Gasteiger charge is 2.23. The van der Waals surface area contributed by atoms with Gasteiger partial charge in [-0.15, -0.1) is 0 Å². The van der Waals surface area contributed by atoms with Gasteiger partial charge in [-0.3, -0.25) is 4.79 Å². The van der Waals surface area contributed by atoms with Crippen molar-refractivity contribution in [1.29, 1.82) is 0 Å². The lowest BCUT2D eigenvalue weighted by Crippen LogP contribution is -2.41. The molecular formula is C17H25ClN2O2. The van der Waals surface area contributed by atoms with E-state index in [1.807, 2.05) is 36.2 Å². The third-order valence-electron chi connectivity index (χ3n) is 4.06. The Morgan fingerprint density at radius 1 is 1.36 bits per heavy atom. The lowest BCUT2D eigenvalue weighted by Gasteiger charge is -2.32. The largest absolute Gasteiger partial charge is 0.494 e. The maximum atomic E-state index is 11.5. The van der Waals surface area contributed by atoms with Crippen molar-refractivity contribution in [3.63, 3.8) is 0 Å². The molecule has 0 saturated carbocycles. The van der Waals surface area contributed by atoms with Gasteiger partial charge in [0.2, 0.25) is 5.91 Å². The first-order chi connectivity index (χ1) is 10.5. The van der Waals surface area contributed by atoms with E-state index in [1.54, 1.807) is 0 Å².